The minimum Gasteiger partial charge on any atom is -0.493 e. The van der Waals surface area contributed by atoms with Crippen LogP contribution in [0.5, 0.6) is 11.5 Å². The number of ether oxygens (including phenoxy) is 2. The van der Waals surface area contributed by atoms with Crippen molar-refractivity contribution in [2.24, 2.45) is 0 Å². The largest absolute Gasteiger partial charge is 0.493 e. The first-order valence-corrected chi connectivity index (χ1v) is 7.43. The van der Waals surface area contributed by atoms with E-state index in [-0.39, 0.29) is 11.4 Å². The Morgan fingerprint density at radius 2 is 1.77 bits per heavy atom. The average molecular weight is 315 g/mol. The van der Waals surface area contributed by atoms with Crippen LogP contribution in [0.4, 0.5) is 0 Å². The molecule has 0 aliphatic heterocycles. The maximum Gasteiger partial charge on any atom is 0.331 e. The molecule has 5 nitrogen and oxygen atoms in total. The van der Waals surface area contributed by atoms with Crippen LogP contribution in [0.1, 0.15) is 0 Å². The Bertz CT molecular complexity index is 881. The van der Waals surface area contributed by atoms with E-state index in [9.17, 15) is 9.59 Å². The van der Waals surface area contributed by atoms with Gasteiger partial charge in [0.1, 0.15) is 6.54 Å². The first-order valence-electron chi connectivity index (χ1n) is 6.61. The molecule has 22 heavy (non-hydrogen) atoms. The summed E-state index contributed by atoms with van der Waals surface area (Å²) in [4.78, 5) is 23.9. The molecule has 2 aromatic carbocycles. The molecule has 0 saturated carbocycles. The molecule has 1 heterocycles. The molecule has 112 valence electrons. The zero-order valence-corrected chi connectivity index (χ0v) is 12.6. The van der Waals surface area contributed by atoms with Crippen LogP contribution in [0.2, 0.25) is 0 Å². The van der Waals surface area contributed by atoms with E-state index in [4.69, 9.17) is 9.47 Å². The van der Waals surface area contributed by atoms with Gasteiger partial charge in [0.25, 0.3) is 0 Å². The topological polar surface area (TPSA) is 57.5 Å². The van der Waals surface area contributed by atoms with Crippen molar-refractivity contribution in [2.45, 2.75) is 6.54 Å². The number of para-hydroxylation sites is 3. The molecule has 0 spiro atoms. The molecular formula is C16H13NO4S. The molecule has 0 amide bonds. The summed E-state index contributed by atoms with van der Waals surface area (Å²) < 4.78 is 12.7. The van der Waals surface area contributed by atoms with E-state index < -0.39 is 5.97 Å². The molecule has 0 atom stereocenters. The van der Waals surface area contributed by atoms with Gasteiger partial charge in [0.2, 0.25) is 0 Å². The van der Waals surface area contributed by atoms with Crippen LogP contribution < -0.4 is 14.3 Å². The lowest BCUT2D eigenvalue weighted by Crippen LogP contribution is -2.22. The maximum absolute atomic E-state index is 12.1. The minimum absolute atomic E-state index is 0.138. The SMILES string of the molecule is COc1ccccc1OC(=O)Cn1c(=O)sc2ccccc21. The van der Waals surface area contributed by atoms with Gasteiger partial charge in [0.15, 0.2) is 11.5 Å². The molecule has 0 radical (unpaired) electrons. The van der Waals surface area contributed by atoms with E-state index >= 15 is 0 Å². The van der Waals surface area contributed by atoms with Gasteiger partial charge in [0.05, 0.1) is 17.3 Å². The molecule has 0 saturated heterocycles. The second kappa shape index (κ2) is 6.03. The van der Waals surface area contributed by atoms with E-state index in [2.05, 4.69) is 0 Å². The van der Waals surface area contributed by atoms with Crippen LogP contribution in [0.25, 0.3) is 10.2 Å². The monoisotopic (exact) mass is 315 g/mol. The van der Waals surface area contributed by atoms with Gasteiger partial charge in [-0.1, -0.05) is 35.6 Å². The van der Waals surface area contributed by atoms with Crippen molar-refractivity contribution >= 4 is 27.5 Å². The normalized spacial score (nSPS) is 10.6. The minimum atomic E-state index is -0.518. The number of hydrogen-bond acceptors (Lipinski definition) is 5. The Labute approximate surface area is 130 Å². The predicted octanol–water partition coefficient (Wildman–Crippen LogP) is 2.68. The highest BCUT2D eigenvalue weighted by Crippen LogP contribution is 2.26. The van der Waals surface area contributed by atoms with Crippen LogP contribution in [-0.4, -0.2) is 17.6 Å². The number of esters is 1. The molecular weight excluding hydrogens is 302 g/mol. The van der Waals surface area contributed by atoms with Crippen LogP contribution in [-0.2, 0) is 11.3 Å². The lowest BCUT2D eigenvalue weighted by atomic mass is 10.3. The summed E-state index contributed by atoms with van der Waals surface area (Å²) >= 11 is 1.11. The summed E-state index contributed by atoms with van der Waals surface area (Å²) in [6, 6.07) is 14.2. The first-order chi connectivity index (χ1) is 10.7. The van der Waals surface area contributed by atoms with Gasteiger partial charge in [-0.25, -0.2) is 4.79 Å². The summed E-state index contributed by atoms with van der Waals surface area (Å²) in [5.41, 5.74) is 0.731. The number of carbonyl (C=O) groups is 1. The molecule has 0 aliphatic carbocycles. The molecule has 3 aromatic rings. The van der Waals surface area contributed by atoms with Crippen molar-refractivity contribution in [3.8, 4) is 11.5 Å². The van der Waals surface area contributed by atoms with Crippen molar-refractivity contribution in [3.05, 3.63) is 58.2 Å². The first kappa shape index (κ1) is 14.3. The molecule has 0 fully saturated rings. The molecule has 3 rings (SSSR count). The van der Waals surface area contributed by atoms with Gasteiger partial charge in [-0.2, -0.15) is 0 Å². The maximum atomic E-state index is 12.1. The van der Waals surface area contributed by atoms with Gasteiger partial charge in [0, 0.05) is 0 Å². The highest BCUT2D eigenvalue weighted by atomic mass is 32.1. The van der Waals surface area contributed by atoms with Crippen molar-refractivity contribution in [1.82, 2.24) is 4.57 Å². The van der Waals surface area contributed by atoms with Crippen molar-refractivity contribution in [1.29, 1.82) is 0 Å². The average Bonchev–Trinajstić information content (AvgIpc) is 2.84. The van der Waals surface area contributed by atoms with E-state index in [0.717, 1.165) is 21.6 Å². The van der Waals surface area contributed by atoms with Crippen LogP contribution in [0.3, 0.4) is 0 Å². The second-order valence-corrected chi connectivity index (χ2v) is 5.54. The Morgan fingerprint density at radius 3 is 2.55 bits per heavy atom. The highest BCUT2D eigenvalue weighted by Gasteiger charge is 2.14. The Balaban J connectivity index is 1.85. The van der Waals surface area contributed by atoms with Crippen LogP contribution in [0.15, 0.2) is 53.3 Å². The van der Waals surface area contributed by atoms with Gasteiger partial charge >= 0.3 is 10.8 Å². The third kappa shape index (κ3) is 2.73. The van der Waals surface area contributed by atoms with Crippen molar-refractivity contribution in [2.75, 3.05) is 7.11 Å². The lowest BCUT2D eigenvalue weighted by Gasteiger charge is -2.09. The van der Waals surface area contributed by atoms with E-state index in [1.807, 2.05) is 24.3 Å². The van der Waals surface area contributed by atoms with Gasteiger partial charge < -0.3 is 9.47 Å². The number of nitrogens with zero attached hydrogens (tertiary/aromatic N) is 1. The Hall–Kier alpha value is -2.60. The molecule has 0 aliphatic rings. The van der Waals surface area contributed by atoms with Gasteiger partial charge in [-0.15, -0.1) is 0 Å². The number of benzene rings is 2. The number of thiazole rings is 1. The van der Waals surface area contributed by atoms with Gasteiger partial charge in [-0.05, 0) is 24.3 Å². The van der Waals surface area contributed by atoms with Crippen molar-refractivity contribution in [3.63, 3.8) is 0 Å². The number of carbonyl (C=O) groups excluding carboxylic acids is 1. The third-order valence-electron chi connectivity index (χ3n) is 3.15. The molecule has 0 bridgehead atoms. The molecule has 1 aromatic heterocycles. The fourth-order valence-electron chi connectivity index (χ4n) is 2.15. The van der Waals surface area contributed by atoms with E-state index in [1.54, 1.807) is 24.3 Å². The fourth-order valence-corrected chi connectivity index (χ4v) is 3.04. The molecule has 0 unspecified atom stereocenters. The summed E-state index contributed by atoms with van der Waals surface area (Å²) in [7, 11) is 1.50. The number of methoxy groups -OCH3 is 1. The summed E-state index contributed by atoms with van der Waals surface area (Å²) in [6.07, 6.45) is 0. The summed E-state index contributed by atoms with van der Waals surface area (Å²) in [6.45, 7) is -0.138. The van der Waals surface area contributed by atoms with Crippen LogP contribution in [0, 0.1) is 0 Å². The summed E-state index contributed by atoms with van der Waals surface area (Å²) in [5, 5.41) is 0. The number of hydrogen-bond donors (Lipinski definition) is 0. The highest BCUT2D eigenvalue weighted by molar-refractivity contribution is 7.16. The van der Waals surface area contributed by atoms with Crippen molar-refractivity contribution < 1.29 is 14.3 Å². The molecule has 0 N–H and O–H groups in total. The summed E-state index contributed by atoms with van der Waals surface area (Å²) in [5.74, 6) is 0.288. The van der Waals surface area contributed by atoms with Crippen LogP contribution >= 0.6 is 11.3 Å². The standard InChI is InChI=1S/C16H13NO4S/c1-20-12-7-3-4-8-13(12)21-15(18)10-17-11-6-2-5-9-14(11)22-16(17)19/h2-9H,10H2,1H3. The van der Waals surface area contributed by atoms with Gasteiger partial charge in [-0.3, -0.25) is 9.36 Å². The zero-order chi connectivity index (χ0) is 15.5. The smallest absolute Gasteiger partial charge is 0.331 e. The zero-order valence-electron chi connectivity index (χ0n) is 11.8. The molecule has 6 heteroatoms. The quantitative estimate of drug-likeness (QED) is 0.549. The predicted molar refractivity (Wildman–Crippen MR) is 84.7 cm³/mol. The number of rotatable bonds is 4. The third-order valence-corrected chi connectivity index (χ3v) is 4.11. The van der Waals surface area contributed by atoms with E-state index in [1.165, 1.54) is 11.7 Å². The Morgan fingerprint density at radius 1 is 1.09 bits per heavy atom. The second-order valence-electron chi connectivity index (χ2n) is 4.55. The number of fused-ring (bicyclic) bond motifs is 1. The van der Waals surface area contributed by atoms with E-state index in [0.29, 0.717) is 11.5 Å². The fraction of sp³-hybridized carbons (Fsp3) is 0.125. The number of aromatic nitrogens is 1. The lowest BCUT2D eigenvalue weighted by molar-refractivity contribution is -0.135. The Kier molecular flexibility index (Phi) is 3.93.